The number of ether oxygens (including phenoxy) is 3. The minimum absolute atomic E-state index is 0.156. The monoisotopic (exact) mass is 461 g/mol. The smallest absolute Gasteiger partial charge is 0.252 e. The molecule has 0 aliphatic carbocycles. The summed E-state index contributed by atoms with van der Waals surface area (Å²) in [5, 5.41) is 2.89. The molecule has 1 aromatic heterocycles. The number of carbonyl (C=O) groups excluding carboxylic acids is 1. The third kappa shape index (κ3) is 5.85. The first kappa shape index (κ1) is 23.6. The van der Waals surface area contributed by atoms with Gasteiger partial charge in [0.15, 0.2) is 11.5 Å². The van der Waals surface area contributed by atoms with E-state index in [1.54, 1.807) is 38.7 Å². The summed E-state index contributed by atoms with van der Waals surface area (Å²) >= 11 is 0. The average molecular weight is 462 g/mol. The minimum Gasteiger partial charge on any atom is -0.493 e. The van der Waals surface area contributed by atoms with Gasteiger partial charge in [0.05, 0.1) is 26.3 Å². The Morgan fingerprint density at radius 2 is 1.88 bits per heavy atom. The normalized spacial score (nSPS) is 14.1. The first-order valence-corrected chi connectivity index (χ1v) is 11.5. The molecule has 0 spiro atoms. The lowest BCUT2D eigenvalue weighted by Crippen LogP contribution is -2.33. The Hall–Kier alpha value is -3.58. The summed E-state index contributed by atoms with van der Waals surface area (Å²) in [5.74, 6) is 2.19. The fourth-order valence-electron chi connectivity index (χ4n) is 4.16. The summed E-state index contributed by atoms with van der Waals surface area (Å²) in [6.45, 7) is 5.02. The number of rotatable bonds is 9. The zero-order valence-corrected chi connectivity index (χ0v) is 19.9. The number of hydrogen-bond donors (Lipinski definition) is 1. The zero-order valence-electron chi connectivity index (χ0n) is 19.9. The van der Waals surface area contributed by atoms with Crippen LogP contribution in [0.1, 0.15) is 34.0 Å². The Morgan fingerprint density at radius 3 is 2.62 bits per heavy atom. The van der Waals surface area contributed by atoms with E-state index in [9.17, 15) is 4.79 Å². The lowest BCUT2D eigenvalue weighted by Gasteiger charge is -2.29. The van der Waals surface area contributed by atoms with Crippen LogP contribution in [-0.2, 0) is 19.5 Å². The number of benzene rings is 2. The van der Waals surface area contributed by atoms with Crippen molar-refractivity contribution in [2.24, 2.45) is 0 Å². The number of nitrogens with zero attached hydrogens (tertiary/aromatic N) is 2. The standard InChI is InChI=1S/C27H31N3O4/c1-19(15-29-27(31)22-7-5-10-28-16-22)34-24-8-4-6-20(12-24)17-30-11-9-21-13-25(32-2)26(33-3)14-23(21)18-30/h4-8,10,12-14,16,19H,9,11,15,17-18H2,1-3H3,(H,29,31)/t19-/m1/s1. The molecule has 0 saturated carbocycles. The molecular weight excluding hydrogens is 430 g/mol. The maximum Gasteiger partial charge on any atom is 0.252 e. The van der Waals surface area contributed by atoms with Gasteiger partial charge >= 0.3 is 0 Å². The Morgan fingerprint density at radius 1 is 1.09 bits per heavy atom. The minimum atomic E-state index is -0.166. The molecule has 3 aromatic rings. The van der Waals surface area contributed by atoms with Gasteiger partial charge in [-0.25, -0.2) is 0 Å². The number of pyridine rings is 1. The first-order valence-electron chi connectivity index (χ1n) is 11.5. The number of methoxy groups -OCH3 is 2. The van der Waals surface area contributed by atoms with Gasteiger partial charge in [-0.1, -0.05) is 12.1 Å². The molecule has 0 fully saturated rings. The molecule has 1 N–H and O–H groups in total. The van der Waals surface area contributed by atoms with Crippen LogP contribution in [0.4, 0.5) is 0 Å². The van der Waals surface area contributed by atoms with Crippen LogP contribution in [0, 0.1) is 0 Å². The number of aromatic nitrogens is 1. The fourth-order valence-corrected chi connectivity index (χ4v) is 4.16. The van der Waals surface area contributed by atoms with Crippen molar-refractivity contribution in [1.29, 1.82) is 0 Å². The second-order valence-electron chi connectivity index (χ2n) is 8.46. The molecule has 1 aliphatic heterocycles. The zero-order chi connectivity index (χ0) is 23.9. The van der Waals surface area contributed by atoms with Gasteiger partial charge in [0.1, 0.15) is 11.9 Å². The van der Waals surface area contributed by atoms with Crippen molar-refractivity contribution in [2.45, 2.75) is 32.5 Å². The highest BCUT2D eigenvalue weighted by Gasteiger charge is 2.20. The predicted molar refractivity (Wildman–Crippen MR) is 130 cm³/mol. The highest BCUT2D eigenvalue weighted by molar-refractivity contribution is 5.93. The second kappa shape index (κ2) is 11.0. The van der Waals surface area contributed by atoms with Gasteiger partial charge in [0.25, 0.3) is 5.91 Å². The lowest BCUT2D eigenvalue weighted by molar-refractivity contribution is 0.0931. The van der Waals surface area contributed by atoms with Crippen molar-refractivity contribution in [1.82, 2.24) is 15.2 Å². The molecule has 1 atom stereocenters. The number of fused-ring (bicyclic) bond motifs is 1. The van der Waals surface area contributed by atoms with Crippen LogP contribution in [0.2, 0.25) is 0 Å². The van der Waals surface area contributed by atoms with Gasteiger partial charge in [-0.3, -0.25) is 14.7 Å². The van der Waals surface area contributed by atoms with Crippen molar-refractivity contribution in [2.75, 3.05) is 27.3 Å². The molecule has 7 nitrogen and oxygen atoms in total. The van der Waals surface area contributed by atoms with Gasteiger partial charge in [-0.05, 0) is 66.4 Å². The Balaban J connectivity index is 1.33. The SMILES string of the molecule is COc1cc2c(cc1OC)CN(Cc1cccc(O[C@H](C)CNC(=O)c3cccnc3)c1)CC2. The summed E-state index contributed by atoms with van der Waals surface area (Å²) in [6.07, 6.45) is 4.00. The number of carbonyl (C=O) groups is 1. The van der Waals surface area contributed by atoms with E-state index in [1.807, 2.05) is 19.1 Å². The summed E-state index contributed by atoms with van der Waals surface area (Å²) in [5.41, 5.74) is 4.31. The predicted octanol–water partition coefficient (Wildman–Crippen LogP) is 3.85. The third-order valence-corrected chi connectivity index (χ3v) is 5.91. The second-order valence-corrected chi connectivity index (χ2v) is 8.46. The Bertz CT molecular complexity index is 1120. The molecule has 1 amide bonds. The number of nitrogens with one attached hydrogen (secondary N) is 1. The van der Waals surface area contributed by atoms with E-state index in [4.69, 9.17) is 14.2 Å². The van der Waals surface area contributed by atoms with E-state index < -0.39 is 0 Å². The fraction of sp³-hybridized carbons (Fsp3) is 0.333. The summed E-state index contributed by atoms with van der Waals surface area (Å²) < 4.78 is 17.0. The lowest BCUT2D eigenvalue weighted by atomic mass is 9.98. The Labute approximate surface area is 200 Å². The molecule has 0 unspecified atom stereocenters. The first-order chi connectivity index (χ1) is 16.6. The van der Waals surface area contributed by atoms with Crippen molar-refractivity contribution in [3.05, 3.63) is 83.2 Å². The van der Waals surface area contributed by atoms with E-state index in [-0.39, 0.29) is 12.0 Å². The molecule has 4 rings (SSSR count). The van der Waals surface area contributed by atoms with E-state index in [1.165, 1.54) is 16.7 Å². The van der Waals surface area contributed by atoms with Crippen LogP contribution in [0.15, 0.2) is 60.9 Å². The quantitative estimate of drug-likeness (QED) is 0.522. The summed E-state index contributed by atoms with van der Waals surface area (Å²) in [4.78, 5) is 18.6. The molecule has 7 heteroatoms. The maximum atomic E-state index is 12.2. The van der Waals surface area contributed by atoms with Crippen LogP contribution < -0.4 is 19.5 Å². The van der Waals surface area contributed by atoms with E-state index >= 15 is 0 Å². The average Bonchev–Trinajstić information content (AvgIpc) is 2.87. The Kier molecular flexibility index (Phi) is 7.65. The molecule has 0 radical (unpaired) electrons. The van der Waals surface area contributed by atoms with Gasteiger partial charge in [0, 0.05) is 32.0 Å². The van der Waals surface area contributed by atoms with Crippen molar-refractivity contribution in [3.8, 4) is 17.2 Å². The van der Waals surface area contributed by atoms with Crippen LogP contribution in [0.3, 0.4) is 0 Å². The molecule has 0 bridgehead atoms. The maximum absolute atomic E-state index is 12.2. The van der Waals surface area contributed by atoms with E-state index in [0.717, 1.165) is 43.3 Å². The molecule has 2 aromatic carbocycles. The van der Waals surface area contributed by atoms with Crippen molar-refractivity contribution >= 4 is 5.91 Å². The third-order valence-electron chi connectivity index (χ3n) is 5.91. The molecule has 2 heterocycles. The molecular formula is C27H31N3O4. The summed E-state index contributed by atoms with van der Waals surface area (Å²) in [7, 11) is 3.34. The molecule has 1 aliphatic rings. The van der Waals surface area contributed by atoms with Gasteiger partial charge in [-0.15, -0.1) is 0 Å². The molecule has 34 heavy (non-hydrogen) atoms. The highest BCUT2D eigenvalue weighted by Crippen LogP contribution is 2.33. The summed E-state index contributed by atoms with van der Waals surface area (Å²) in [6, 6.07) is 15.8. The largest absolute Gasteiger partial charge is 0.493 e. The van der Waals surface area contributed by atoms with Crippen LogP contribution in [0.25, 0.3) is 0 Å². The molecule has 0 saturated heterocycles. The molecule has 178 valence electrons. The number of amides is 1. The van der Waals surface area contributed by atoms with Gasteiger partial charge < -0.3 is 19.5 Å². The number of hydrogen-bond acceptors (Lipinski definition) is 6. The van der Waals surface area contributed by atoms with Crippen LogP contribution >= 0.6 is 0 Å². The van der Waals surface area contributed by atoms with E-state index in [2.05, 4.69) is 39.5 Å². The van der Waals surface area contributed by atoms with E-state index in [0.29, 0.717) is 12.1 Å². The van der Waals surface area contributed by atoms with Gasteiger partial charge in [-0.2, -0.15) is 0 Å². The van der Waals surface area contributed by atoms with Crippen molar-refractivity contribution in [3.63, 3.8) is 0 Å². The highest BCUT2D eigenvalue weighted by atomic mass is 16.5. The topological polar surface area (TPSA) is 72.9 Å². The van der Waals surface area contributed by atoms with Crippen LogP contribution in [0.5, 0.6) is 17.2 Å². The van der Waals surface area contributed by atoms with Crippen molar-refractivity contribution < 1.29 is 19.0 Å². The van der Waals surface area contributed by atoms with Gasteiger partial charge in [0.2, 0.25) is 0 Å². The van der Waals surface area contributed by atoms with Crippen LogP contribution in [-0.4, -0.2) is 49.2 Å².